The number of aryl methyl sites for hydroxylation is 2. The minimum Gasteiger partial charge on any atom is -0.495 e. The first-order valence-corrected chi connectivity index (χ1v) is 13.6. The fraction of sp³-hybridized carbons (Fsp3) is 0.241. The zero-order valence-electron chi connectivity index (χ0n) is 20.5. The molecular formula is C29H30N2O4S. The van der Waals surface area contributed by atoms with Crippen LogP contribution in [0, 0.1) is 6.92 Å². The van der Waals surface area contributed by atoms with Crippen molar-refractivity contribution in [3.63, 3.8) is 0 Å². The predicted molar refractivity (Wildman–Crippen MR) is 143 cm³/mol. The van der Waals surface area contributed by atoms with Crippen LogP contribution in [0.3, 0.4) is 0 Å². The van der Waals surface area contributed by atoms with E-state index >= 15 is 0 Å². The average Bonchev–Trinajstić information content (AvgIpc) is 3.41. The van der Waals surface area contributed by atoms with Crippen LogP contribution >= 0.6 is 0 Å². The Kier molecular flexibility index (Phi) is 8.00. The van der Waals surface area contributed by atoms with Gasteiger partial charge in [0.25, 0.3) is 5.91 Å². The third-order valence-corrected chi connectivity index (χ3v) is 7.74. The number of methoxy groups -OCH3 is 1. The van der Waals surface area contributed by atoms with Gasteiger partial charge in [-0.25, -0.2) is 8.42 Å². The molecule has 0 aliphatic carbocycles. The van der Waals surface area contributed by atoms with Gasteiger partial charge in [0.05, 0.1) is 12.9 Å². The molecular weight excluding hydrogens is 472 g/mol. The summed E-state index contributed by atoms with van der Waals surface area (Å²) in [6.07, 6.45) is 5.53. The van der Waals surface area contributed by atoms with Crippen LogP contribution in [0.1, 0.15) is 29.5 Å². The predicted octanol–water partition coefficient (Wildman–Crippen LogP) is 5.05. The van der Waals surface area contributed by atoms with E-state index in [1.54, 1.807) is 18.3 Å². The van der Waals surface area contributed by atoms with Crippen molar-refractivity contribution in [1.82, 2.24) is 5.32 Å². The molecule has 1 heterocycles. The van der Waals surface area contributed by atoms with Crippen LogP contribution in [0.2, 0.25) is 0 Å². The van der Waals surface area contributed by atoms with Crippen LogP contribution in [-0.4, -0.2) is 33.7 Å². The summed E-state index contributed by atoms with van der Waals surface area (Å²) in [5.41, 5.74) is 5.16. The van der Waals surface area contributed by atoms with Gasteiger partial charge in [-0.15, -0.1) is 0 Å². The van der Waals surface area contributed by atoms with Crippen molar-refractivity contribution >= 4 is 21.5 Å². The molecule has 3 aromatic rings. The molecule has 4 rings (SSSR count). The Hall–Kier alpha value is -3.71. The number of nitrogens with zero attached hydrogens (tertiary/aromatic N) is 1. The molecule has 0 saturated carbocycles. The molecule has 0 unspecified atom stereocenters. The number of aliphatic imine (C=N–C) groups is 1. The first-order chi connectivity index (χ1) is 17.4. The Labute approximate surface area is 212 Å². The maximum absolute atomic E-state index is 13.5. The fourth-order valence-electron chi connectivity index (χ4n) is 4.20. The molecule has 0 saturated heterocycles. The number of hydrogen-bond acceptors (Lipinski definition) is 5. The van der Waals surface area contributed by atoms with E-state index in [4.69, 9.17) is 4.74 Å². The molecule has 1 amide bonds. The summed E-state index contributed by atoms with van der Waals surface area (Å²) in [4.78, 5) is 16.2. The molecule has 0 atom stereocenters. The van der Waals surface area contributed by atoms with Gasteiger partial charge < -0.3 is 10.1 Å². The van der Waals surface area contributed by atoms with Gasteiger partial charge in [-0.3, -0.25) is 9.79 Å². The SMILES string of the molecule is COc1ccc(-c2cccc(C)c2)cc1S(=O)(=O)Cc1cccc(CCCNC(=O)C2=NC=CC2)c1. The Morgan fingerprint density at radius 2 is 1.78 bits per heavy atom. The van der Waals surface area contributed by atoms with Crippen LogP contribution in [0.25, 0.3) is 11.1 Å². The third kappa shape index (κ3) is 6.29. The molecule has 0 spiro atoms. The van der Waals surface area contributed by atoms with Gasteiger partial charge in [-0.05, 0) is 54.2 Å². The molecule has 1 N–H and O–H groups in total. The van der Waals surface area contributed by atoms with Gasteiger partial charge in [-0.1, -0.05) is 66.2 Å². The minimum absolute atomic E-state index is 0.127. The van der Waals surface area contributed by atoms with Gasteiger partial charge in [0, 0.05) is 19.2 Å². The molecule has 1 aliphatic rings. The van der Waals surface area contributed by atoms with E-state index in [0.717, 1.165) is 35.1 Å². The summed E-state index contributed by atoms with van der Waals surface area (Å²) < 4.78 is 32.3. The van der Waals surface area contributed by atoms with Crippen molar-refractivity contribution in [2.75, 3.05) is 13.7 Å². The molecule has 7 heteroatoms. The van der Waals surface area contributed by atoms with Crippen LogP contribution in [0.4, 0.5) is 0 Å². The van der Waals surface area contributed by atoms with Gasteiger partial charge in [0.15, 0.2) is 9.84 Å². The van der Waals surface area contributed by atoms with E-state index in [1.165, 1.54) is 7.11 Å². The number of ether oxygens (including phenoxy) is 1. The van der Waals surface area contributed by atoms with Crippen molar-refractivity contribution in [1.29, 1.82) is 0 Å². The van der Waals surface area contributed by atoms with Crippen molar-refractivity contribution in [3.8, 4) is 16.9 Å². The van der Waals surface area contributed by atoms with Gasteiger partial charge in [-0.2, -0.15) is 0 Å². The number of nitrogens with one attached hydrogen (secondary N) is 1. The monoisotopic (exact) mass is 502 g/mol. The first kappa shape index (κ1) is 25.4. The highest BCUT2D eigenvalue weighted by Crippen LogP contribution is 2.32. The van der Waals surface area contributed by atoms with Crippen LogP contribution in [0.5, 0.6) is 5.75 Å². The Bertz CT molecular complexity index is 1420. The highest BCUT2D eigenvalue weighted by atomic mass is 32.2. The zero-order chi connectivity index (χ0) is 25.5. The quantitative estimate of drug-likeness (QED) is 0.393. The normalized spacial score (nSPS) is 12.9. The first-order valence-electron chi connectivity index (χ1n) is 11.9. The number of hydrogen-bond donors (Lipinski definition) is 1. The second kappa shape index (κ2) is 11.4. The van der Waals surface area contributed by atoms with Gasteiger partial charge in [0.2, 0.25) is 0 Å². The molecule has 0 bridgehead atoms. The lowest BCUT2D eigenvalue weighted by atomic mass is 10.0. The second-order valence-electron chi connectivity index (χ2n) is 8.84. The van der Waals surface area contributed by atoms with Crippen LogP contribution in [0.15, 0.2) is 88.9 Å². The molecule has 3 aromatic carbocycles. The van der Waals surface area contributed by atoms with E-state index in [-0.39, 0.29) is 16.6 Å². The summed E-state index contributed by atoms with van der Waals surface area (Å²) in [6, 6.07) is 20.8. The van der Waals surface area contributed by atoms with Gasteiger partial charge >= 0.3 is 0 Å². The van der Waals surface area contributed by atoms with Crippen molar-refractivity contribution in [2.24, 2.45) is 4.99 Å². The Morgan fingerprint density at radius 1 is 1.00 bits per heavy atom. The number of benzene rings is 3. The summed E-state index contributed by atoms with van der Waals surface area (Å²) in [5, 5.41) is 2.88. The number of carbonyl (C=O) groups is 1. The lowest BCUT2D eigenvalue weighted by molar-refractivity contribution is -0.114. The van der Waals surface area contributed by atoms with Crippen molar-refractivity contribution in [2.45, 2.75) is 36.8 Å². The number of rotatable bonds is 10. The summed E-state index contributed by atoms with van der Waals surface area (Å²) in [5.74, 6) is 0.0694. The number of amides is 1. The molecule has 0 radical (unpaired) electrons. The smallest absolute Gasteiger partial charge is 0.265 e. The highest BCUT2D eigenvalue weighted by molar-refractivity contribution is 7.90. The summed E-state index contributed by atoms with van der Waals surface area (Å²) in [7, 11) is -2.18. The maximum atomic E-state index is 13.5. The average molecular weight is 503 g/mol. The lowest BCUT2D eigenvalue weighted by Gasteiger charge is -2.13. The lowest BCUT2D eigenvalue weighted by Crippen LogP contribution is -2.31. The van der Waals surface area contributed by atoms with Crippen LogP contribution < -0.4 is 10.1 Å². The summed E-state index contributed by atoms with van der Waals surface area (Å²) >= 11 is 0. The molecule has 1 aliphatic heterocycles. The molecule has 0 aromatic heterocycles. The van der Waals surface area contributed by atoms with E-state index in [2.05, 4.69) is 10.3 Å². The molecule has 186 valence electrons. The van der Waals surface area contributed by atoms with E-state index < -0.39 is 9.84 Å². The van der Waals surface area contributed by atoms with Gasteiger partial charge in [0.1, 0.15) is 16.4 Å². The van der Waals surface area contributed by atoms with Crippen molar-refractivity contribution in [3.05, 3.63) is 95.7 Å². The second-order valence-corrected chi connectivity index (χ2v) is 10.8. The van der Waals surface area contributed by atoms with Crippen LogP contribution in [-0.2, 0) is 26.8 Å². The molecule has 6 nitrogen and oxygen atoms in total. The fourth-order valence-corrected chi connectivity index (χ4v) is 5.74. The highest BCUT2D eigenvalue weighted by Gasteiger charge is 2.21. The zero-order valence-corrected chi connectivity index (χ0v) is 21.3. The minimum atomic E-state index is -3.66. The Morgan fingerprint density at radius 3 is 2.53 bits per heavy atom. The molecule has 0 fully saturated rings. The Balaban J connectivity index is 1.44. The third-order valence-electron chi connectivity index (χ3n) is 6.04. The maximum Gasteiger partial charge on any atom is 0.265 e. The van der Waals surface area contributed by atoms with Crippen molar-refractivity contribution < 1.29 is 17.9 Å². The standard InChI is InChI=1S/C29H30N2O4S/c1-21-7-3-11-24(17-21)25-13-14-27(35-2)28(19-25)36(33,34)20-23-9-4-8-22(18-23)10-5-16-31-29(32)26-12-6-15-30-26/h3-4,6-9,11,13-15,17-19H,5,10,12,16,20H2,1-2H3,(H,31,32). The summed E-state index contributed by atoms with van der Waals surface area (Å²) in [6.45, 7) is 2.54. The number of allylic oxidation sites excluding steroid dienone is 1. The number of sulfone groups is 1. The van der Waals surface area contributed by atoms with E-state index in [9.17, 15) is 13.2 Å². The largest absolute Gasteiger partial charge is 0.495 e. The molecule has 36 heavy (non-hydrogen) atoms. The topological polar surface area (TPSA) is 84.8 Å². The number of carbonyl (C=O) groups excluding carboxylic acids is 1. The van der Waals surface area contributed by atoms with E-state index in [1.807, 2.05) is 67.6 Å². The van der Waals surface area contributed by atoms with E-state index in [0.29, 0.717) is 30.0 Å².